The molecule has 69 valence electrons. The number of hydrogen-bond donors (Lipinski definition) is 0. The van der Waals surface area contributed by atoms with E-state index < -0.39 is 0 Å². The molecule has 0 saturated carbocycles. The van der Waals surface area contributed by atoms with Crippen LogP contribution in [0.15, 0.2) is 18.2 Å². The molecular weight excluding hydrogens is 207 g/mol. The Balaban J connectivity index is 2.33. The predicted molar refractivity (Wildman–Crippen MR) is 53.8 cm³/mol. The molecule has 0 aliphatic carbocycles. The summed E-state index contributed by atoms with van der Waals surface area (Å²) in [5, 5.41) is 1.21. The van der Waals surface area contributed by atoms with Crippen LogP contribution >= 0.6 is 23.2 Å². The maximum Gasteiger partial charge on any atom is 0.0846 e. The lowest BCUT2D eigenvalue weighted by atomic mass is 10.1. The Bertz CT molecular complexity index is 306. The lowest BCUT2D eigenvalue weighted by Crippen LogP contribution is -1.95. The van der Waals surface area contributed by atoms with Gasteiger partial charge in [0.2, 0.25) is 0 Å². The normalized spacial score (nSPS) is 22.2. The topological polar surface area (TPSA) is 9.23 Å². The van der Waals surface area contributed by atoms with Crippen LogP contribution in [0.25, 0.3) is 0 Å². The summed E-state index contributed by atoms with van der Waals surface area (Å²) in [5.41, 5.74) is 0.989. The average molecular weight is 216 g/mol. The van der Waals surface area contributed by atoms with Crippen molar-refractivity contribution in [2.45, 2.75) is 18.9 Å². The third kappa shape index (κ3) is 1.83. The van der Waals surface area contributed by atoms with E-state index in [0.717, 1.165) is 18.4 Å². The third-order valence-corrected chi connectivity index (χ3v) is 2.97. The molecule has 0 aromatic heterocycles. The van der Waals surface area contributed by atoms with E-state index >= 15 is 0 Å². The fourth-order valence-corrected chi connectivity index (χ4v) is 1.90. The standard InChI is InChI=1S/C10H9Cl2O/c11-8-4-1-3-7(10(8)12)9-5-2-6-13-9/h1,3-4,6,9H,2,5H2. The molecule has 1 fully saturated rings. The first-order valence-electron chi connectivity index (χ1n) is 4.20. The molecule has 13 heavy (non-hydrogen) atoms. The van der Waals surface area contributed by atoms with Gasteiger partial charge >= 0.3 is 0 Å². The van der Waals surface area contributed by atoms with Crippen LogP contribution in [-0.2, 0) is 4.74 Å². The van der Waals surface area contributed by atoms with Gasteiger partial charge in [-0.15, -0.1) is 0 Å². The number of ether oxygens (including phenoxy) is 1. The zero-order valence-corrected chi connectivity index (χ0v) is 8.48. The van der Waals surface area contributed by atoms with Crippen LogP contribution in [0.5, 0.6) is 0 Å². The lowest BCUT2D eigenvalue weighted by molar-refractivity contribution is 0.155. The van der Waals surface area contributed by atoms with Crippen LogP contribution in [0.4, 0.5) is 0 Å². The second-order valence-electron chi connectivity index (χ2n) is 3.01. The second-order valence-corrected chi connectivity index (χ2v) is 3.80. The molecule has 2 rings (SSSR count). The minimum atomic E-state index is 0.0891. The fraction of sp³-hybridized carbons (Fsp3) is 0.300. The zero-order chi connectivity index (χ0) is 9.26. The fourth-order valence-electron chi connectivity index (χ4n) is 1.47. The number of rotatable bonds is 1. The van der Waals surface area contributed by atoms with Crippen LogP contribution in [0.3, 0.4) is 0 Å². The number of hydrogen-bond acceptors (Lipinski definition) is 1. The van der Waals surface area contributed by atoms with Gasteiger partial charge in [-0.2, -0.15) is 0 Å². The second kappa shape index (κ2) is 3.87. The Morgan fingerprint density at radius 1 is 1.31 bits per heavy atom. The highest BCUT2D eigenvalue weighted by Gasteiger charge is 2.21. The van der Waals surface area contributed by atoms with Gasteiger partial charge < -0.3 is 4.74 Å². The van der Waals surface area contributed by atoms with Crippen molar-refractivity contribution < 1.29 is 4.74 Å². The van der Waals surface area contributed by atoms with Crippen molar-refractivity contribution >= 4 is 23.2 Å². The van der Waals surface area contributed by atoms with Gasteiger partial charge in [0, 0.05) is 5.56 Å². The van der Waals surface area contributed by atoms with Crippen molar-refractivity contribution in [2.75, 3.05) is 0 Å². The SMILES string of the molecule is Clc1cccc(C2CC[CH]O2)c1Cl. The summed E-state index contributed by atoms with van der Waals surface area (Å²) in [4.78, 5) is 0. The quantitative estimate of drug-likeness (QED) is 0.689. The molecule has 1 aromatic rings. The molecule has 1 nitrogen and oxygen atoms in total. The van der Waals surface area contributed by atoms with E-state index in [1.807, 2.05) is 18.7 Å². The highest BCUT2D eigenvalue weighted by molar-refractivity contribution is 6.42. The predicted octanol–water partition coefficient (Wildman–Crippen LogP) is 4.01. The molecule has 1 aromatic carbocycles. The van der Waals surface area contributed by atoms with Gasteiger partial charge in [-0.1, -0.05) is 35.3 Å². The van der Waals surface area contributed by atoms with E-state index in [9.17, 15) is 0 Å². The Hall–Kier alpha value is -0.240. The molecule has 0 amide bonds. The molecule has 0 spiro atoms. The van der Waals surface area contributed by atoms with E-state index in [1.165, 1.54) is 0 Å². The number of halogens is 2. The van der Waals surface area contributed by atoms with Crippen molar-refractivity contribution in [3.63, 3.8) is 0 Å². The summed E-state index contributed by atoms with van der Waals surface area (Å²) in [6.07, 6.45) is 2.05. The molecule has 1 unspecified atom stereocenters. The van der Waals surface area contributed by atoms with E-state index in [4.69, 9.17) is 27.9 Å². The molecule has 1 heterocycles. The highest BCUT2D eigenvalue weighted by Crippen LogP contribution is 2.37. The Morgan fingerprint density at radius 3 is 2.85 bits per heavy atom. The summed E-state index contributed by atoms with van der Waals surface area (Å²) in [7, 11) is 0. The van der Waals surface area contributed by atoms with Gasteiger partial charge in [0.25, 0.3) is 0 Å². The molecule has 1 saturated heterocycles. The van der Waals surface area contributed by atoms with Gasteiger partial charge in [0.05, 0.1) is 22.8 Å². The molecule has 3 heteroatoms. The van der Waals surface area contributed by atoms with Crippen LogP contribution in [0, 0.1) is 6.61 Å². The third-order valence-electron chi connectivity index (χ3n) is 2.14. The summed E-state index contributed by atoms with van der Waals surface area (Å²) in [6, 6.07) is 5.63. The van der Waals surface area contributed by atoms with Crippen LogP contribution in [0.1, 0.15) is 24.5 Å². The van der Waals surface area contributed by atoms with E-state index in [-0.39, 0.29) is 6.10 Å². The van der Waals surface area contributed by atoms with Crippen molar-refractivity contribution in [3.05, 3.63) is 40.4 Å². The number of benzene rings is 1. The van der Waals surface area contributed by atoms with Gasteiger partial charge in [0.1, 0.15) is 0 Å². The Kier molecular flexibility index (Phi) is 2.77. The van der Waals surface area contributed by atoms with Crippen molar-refractivity contribution in [1.82, 2.24) is 0 Å². The van der Waals surface area contributed by atoms with E-state index in [0.29, 0.717) is 10.0 Å². The molecule has 0 N–H and O–H groups in total. The first kappa shape index (κ1) is 9.32. The average Bonchev–Trinajstić information content (AvgIpc) is 2.62. The van der Waals surface area contributed by atoms with Crippen LogP contribution in [-0.4, -0.2) is 0 Å². The van der Waals surface area contributed by atoms with Crippen LogP contribution in [0.2, 0.25) is 10.0 Å². The van der Waals surface area contributed by atoms with Gasteiger partial charge in [-0.05, 0) is 18.9 Å². The summed E-state index contributed by atoms with van der Waals surface area (Å²) in [5.74, 6) is 0. The van der Waals surface area contributed by atoms with E-state index in [1.54, 1.807) is 6.07 Å². The van der Waals surface area contributed by atoms with Crippen LogP contribution < -0.4 is 0 Å². The smallest absolute Gasteiger partial charge is 0.0846 e. The molecule has 1 aliphatic rings. The van der Waals surface area contributed by atoms with Gasteiger partial charge in [-0.3, -0.25) is 0 Å². The Labute approximate surface area is 87.6 Å². The Morgan fingerprint density at radius 2 is 2.15 bits per heavy atom. The summed E-state index contributed by atoms with van der Waals surface area (Å²) >= 11 is 11.9. The maximum absolute atomic E-state index is 6.05. The monoisotopic (exact) mass is 215 g/mol. The van der Waals surface area contributed by atoms with E-state index in [2.05, 4.69) is 0 Å². The molecular formula is C10H9Cl2O. The van der Waals surface area contributed by atoms with Crippen molar-refractivity contribution in [3.8, 4) is 0 Å². The zero-order valence-electron chi connectivity index (χ0n) is 6.97. The molecule has 1 atom stereocenters. The minimum Gasteiger partial charge on any atom is -0.368 e. The minimum absolute atomic E-state index is 0.0891. The molecule has 0 bridgehead atoms. The molecule has 1 radical (unpaired) electrons. The first-order valence-corrected chi connectivity index (χ1v) is 4.95. The van der Waals surface area contributed by atoms with Crippen molar-refractivity contribution in [2.24, 2.45) is 0 Å². The lowest BCUT2D eigenvalue weighted by Gasteiger charge is -2.11. The largest absolute Gasteiger partial charge is 0.368 e. The summed E-state index contributed by atoms with van der Waals surface area (Å²) < 4.78 is 5.41. The highest BCUT2D eigenvalue weighted by atomic mass is 35.5. The van der Waals surface area contributed by atoms with Crippen molar-refractivity contribution in [1.29, 1.82) is 0 Å². The van der Waals surface area contributed by atoms with Gasteiger partial charge in [-0.25, -0.2) is 0 Å². The first-order chi connectivity index (χ1) is 6.29. The molecule has 1 aliphatic heterocycles. The maximum atomic E-state index is 6.05. The summed E-state index contributed by atoms with van der Waals surface area (Å²) in [6.45, 7) is 1.82. The van der Waals surface area contributed by atoms with Gasteiger partial charge in [0.15, 0.2) is 0 Å².